The maximum atomic E-state index is 10.8. The van der Waals surface area contributed by atoms with Crippen LogP contribution in [0.4, 0.5) is 0 Å². The molecule has 72 valence electrons. The Morgan fingerprint density at radius 3 is 2.69 bits per heavy atom. The smallest absolute Gasteiger partial charge is 0.320 e. The largest absolute Gasteiger partial charge is 0.480 e. The van der Waals surface area contributed by atoms with Crippen LogP contribution in [0.3, 0.4) is 0 Å². The van der Waals surface area contributed by atoms with E-state index in [2.05, 4.69) is 10.6 Å². The van der Waals surface area contributed by atoms with Crippen molar-refractivity contribution < 1.29 is 14.7 Å². The molecule has 1 amide bonds. The molecule has 13 heavy (non-hydrogen) atoms. The number of carboxylic acids is 1. The lowest BCUT2D eigenvalue weighted by Gasteiger charge is -2.07. The van der Waals surface area contributed by atoms with E-state index in [0.717, 1.165) is 0 Å². The number of carbonyl (C=O) groups excluding carboxylic acids is 1. The minimum Gasteiger partial charge on any atom is -0.480 e. The van der Waals surface area contributed by atoms with Crippen LogP contribution in [0.25, 0.3) is 0 Å². The quantitative estimate of drug-likeness (QED) is 0.461. The Kier molecular flexibility index (Phi) is 5.23. The van der Waals surface area contributed by atoms with Gasteiger partial charge in [-0.2, -0.15) is 5.26 Å². The summed E-state index contributed by atoms with van der Waals surface area (Å²) in [6.07, 6.45) is 0. The molecule has 0 saturated heterocycles. The van der Waals surface area contributed by atoms with Gasteiger partial charge in [-0.3, -0.25) is 14.9 Å². The second-order valence-electron chi connectivity index (χ2n) is 2.38. The average molecular weight is 185 g/mol. The molecule has 0 spiro atoms. The van der Waals surface area contributed by atoms with Gasteiger partial charge in [0.1, 0.15) is 12.6 Å². The number of nitrogens with zero attached hydrogens (tertiary/aromatic N) is 1. The lowest BCUT2D eigenvalue weighted by atomic mass is 10.3. The molecule has 0 rings (SSSR count). The van der Waals surface area contributed by atoms with Gasteiger partial charge in [0.15, 0.2) is 0 Å². The number of hydrogen-bond donors (Lipinski definition) is 3. The Balaban J connectivity index is 3.59. The first-order valence-corrected chi connectivity index (χ1v) is 3.67. The van der Waals surface area contributed by atoms with E-state index >= 15 is 0 Å². The van der Waals surface area contributed by atoms with Crippen molar-refractivity contribution in [1.29, 1.82) is 5.26 Å². The monoisotopic (exact) mass is 185 g/mol. The zero-order valence-corrected chi connectivity index (χ0v) is 7.20. The highest BCUT2D eigenvalue weighted by Gasteiger charge is 2.10. The number of carboxylic acid groups (broad SMARTS) is 1. The van der Waals surface area contributed by atoms with Crippen LogP contribution in [0.1, 0.15) is 6.92 Å². The predicted molar refractivity (Wildman–Crippen MR) is 43.7 cm³/mol. The second kappa shape index (κ2) is 5.97. The summed E-state index contributed by atoms with van der Waals surface area (Å²) in [6.45, 7) is 1.26. The summed E-state index contributed by atoms with van der Waals surface area (Å²) in [6, 6.07) is 0.962. The van der Waals surface area contributed by atoms with E-state index in [1.165, 1.54) is 6.92 Å². The van der Waals surface area contributed by atoms with Gasteiger partial charge in [-0.1, -0.05) is 0 Å². The van der Waals surface area contributed by atoms with Gasteiger partial charge >= 0.3 is 5.97 Å². The van der Waals surface area contributed by atoms with Crippen molar-refractivity contribution >= 4 is 11.9 Å². The average Bonchev–Trinajstić information content (AvgIpc) is 2.10. The number of carbonyl (C=O) groups is 2. The normalized spacial score (nSPS) is 11.4. The Morgan fingerprint density at radius 2 is 2.23 bits per heavy atom. The lowest BCUT2D eigenvalue weighted by Crippen LogP contribution is -2.41. The fourth-order valence-corrected chi connectivity index (χ4v) is 0.534. The van der Waals surface area contributed by atoms with Crippen molar-refractivity contribution in [3.05, 3.63) is 0 Å². The Bertz CT molecular complexity index is 234. The van der Waals surface area contributed by atoms with Crippen LogP contribution < -0.4 is 10.6 Å². The first-order valence-electron chi connectivity index (χ1n) is 3.67. The molecule has 0 unspecified atom stereocenters. The molecule has 0 radical (unpaired) electrons. The van der Waals surface area contributed by atoms with Gasteiger partial charge in [0, 0.05) is 0 Å². The third-order valence-electron chi connectivity index (χ3n) is 1.30. The minimum absolute atomic E-state index is 0.0675. The lowest BCUT2D eigenvalue weighted by molar-refractivity contribution is -0.139. The highest BCUT2D eigenvalue weighted by molar-refractivity contribution is 5.79. The van der Waals surface area contributed by atoms with Crippen molar-refractivity contribution in [2.75, 3.05) is 13.1 Å². The Morgan fingerprint density at radius 1 is 1.62 bits per heavy atom. The molecule has 0 bridgehead atoms. The van der Waals surface area contributed by atoms with Gasteiger partial charge in [0.05, 0.1) is 12.6 Å². The zero-order chi connectivity index (χ0) is 10.3. The maximum Gasteiger partial charge on any atom is 0.320 e. The van der Waals surface area contributed by atoms with Crippen molar-refractivity contribution in [1.82, 2.24) is 10.6 Å². The molecule has 0 aliphatic heterocycles. The van der Waals surface area contributed by atoms with Crippen molar-refractivity contribution in [2.24, 2.45) is 0 Å². The first-order chi connectivity index (χ1) is 6.07. The summed E-state index contributed by atoms with van der Waals surface area (Å²) < 4.78 is 0. The number of hydrogen-bond acceptors (Lipinski definition) is 4. The van der Waals surface area contributed by atoms with Crippen molar-refractivity contribution in [3.8, 4) is 6.07 Å². The van der Waals surface area contributed by atoms with E-state index < -0.39 is 17.9 Å². The third kappa shape index (κ3) is 5.64. The number of amides is 1. The predicted octanol–water partition coefficient (Wildman–Crippen LogP) is -1.31. The molecule has 1 atom stereocenters. The molecule has 0 aromatic carbocycles. The van der Waals surface area contributed by atoms with Crippen LogP contribution in [0, 0.1) is 11.3 Å². The van der Waals surface area contributed by atoms with Gasteiger partial charge < -0.3 is 10.4 Å². The highest BCUT2D eigenvalue weighted by Crippen LogP contribution is 1.79. The molecule has 0 aromatic heterocycles. The summed E-state index contributed by atoms with van der Waals surface area (Å²) in [7, 11) is 0. The fraction of sp³-hybridized carbons (Fsp3) is 0.571. The summed E-state index contributed by atoms with van der Waals surface area (Å²) >= 11 is 0. The summed E-state index contributed by atoms with van der Waals surface area (Å²) in [4.78, 5) is 21.1. The molecule has 0 saturated carbocycles. The molecule has 0 heterocycles. The van der Waals surface area contributed by atoms with E-state index in [-0.39, 0.29) is 13.1 Å². The molecule has 0 aromatic rings. The van der Waals surface area contributed by atoms with E-state index in [9.17, 15) is 9.59 Å². The molecular formula is C7H11N3O3. The van der Waals surface area contributed by atoms with Gasteiger partial charge in [-0.25, -0.2) is 0 Å². The number of nitrogens with one attached hydrogen (secondary N) is 2. The second-order valence-corrected chi connectivity index (χ2v) is 2.38. The standard InChI is InChI=1S/C7H11N3O3/c1-5(7(12)13)10-4-6(11)9-3-2-8/h5,10H,3-4H2,1H3,(H,9,11)(H,12,13)/t5-/m1/s1. The van der Waals surface area contributed by atoms with E-state index in [4.69, 9.17) is 10.4 Å². The molecule has 3 N–H and O–H groups in total. The van der Waals surface area contributed by atoms with Gasteiger partial charge in [0.25, 0.3) is 0 Å². The molecular weight excluding hydrogens is 174 g/mol. The van der Waals surface area contributed by atoms with Crippen molar-refractivity contribution in [3.63, 3.8) is 0 Å². The van der Waals surface area contributed by atoms with E-state index in [1.807, 2.05) is 0 Å². The molecule has 0 aliphatic rings. The van der Waals surface area contributed by atoms with Gasteiger partial charge in [-0.05, 0) is 6.92 Å². The fourth-order valence-electron chi connectivity index (χ4n) is 0.534. The number of rotatable bonds is 5. The number of aliphatic carboxylic acids is 1. The minimum atomic E-state index is -1.02. The molecule has 0 aliphatic carbocycles. The van der Waals surface area contributed by atoms with E-state index in [0.29, 0.717) is 0 Å². The van der Waals surface area contributed by atoms with Crippen LogP contribution in [0.2, 0.25) is 0 Å². The zero-order valence-electron chi connectivity index (χ0n) is 7.20. The van der Waals surface area contributed by atoms with Crippen LogP contribution in [0.5, 0.6) is 0 Å². The number of nitriles is 1. The first kappa shape index (κ1) is 11.4. The van der Waals surface area contributed by atoms with Crippen LogP contribution >= 0.6 is 0 Å². The Hall–Kier alpha value is -1.61. The highest BCUT2D eigenvalue weighted by atomic mass is 16.4. The molecule has 6 heteroatoms. The topological polar surface area (TPSA) is 102 Å². The summed E-state index contributed by atoms with van der Waals surface area (Å²) in [5.41, 5.74) is 0. The third-order valence-corrected chi connectivity index (χ3v) is 1.30. The summed E-state index contributed by atoms with van der Waals surface area (Å²) in [5.74, 6) is -1.41. The van der Waals surface area contributed by atoms with Crippen LogP contribution in [-0.2, 0) is 9.59 Å². The summed E-state index contributed by atoms with van der Waals surface area (Å²) in [5, 5.41) is 21.3. The van der Waals surface area contributed by atoms with Gasteiger partial charge in [-0.15, -0.1) is 0 Å². The van der Waals surface area contributed by atoms with Gasteiger partial charge in [0.2, 0.25) is 5.91 Å². The van der Waals surface area contributed by atoms with E-state index in [1.54, 1.807) is 6.07 Å². The maximum absolute atomic E-state index is 10.8. The SMILES string of the molecule is C[C@@H](NCC(=O)NCC#N)C(=O)O. The van der Waals surface area contributed by atoms with Crippen molar-refractivity contribution in [2.45, 2.75) is 13.0 Å². The van der Waals surface area contributed by atoms with Crippen LogP contribution in [-0.4, -0.2) is 36.1 Å². The van der Waals surface area contributed by atoms with Crippen LogP contribution in [0.15, 0.2) is 0 Å². The Labute approximate surface area is 75.5 Å². The molecule has 0 fully saturated rings. The molecule has 6 nitrogen and oxygen atoms in total.